The molecule has 0 aliphatic heterocycles. The van der Waals surface area contributed by atoms with Gasteiger partial charge in [0.1, 0.15) is 5.82 Å². The first kappa shape index (κ1) is 9.09. The van der Waals surface area contributed by atoms with Gasteiger partial charge in [-0.2, -0.15) is 0 Å². The highest BCUT2D eigenvalue weighted by Gasteiger charge is 2.09. The van der Waals surface area contributed by atoms with E-state index in [0.29, 0.717) is 6.61 Å². The van der Waals surface area contributed by atoms with Crippen molar-refractivity contribution in [1.82, 2.24) is 15.3 Å². The number of methoxy groups -OCH3 is 1. The van der Waals surface area contributed by atoms with Gasteiger partial charge in [0.2, 0.25) is 0 Å². The average molecular weight is 167 g/mol. The lowest BCUT2D eigenvalue weighted by molar-refractivity contribution is 0.167. The summed E-state index contributed by atoms with van der Waals surface area (Å²) in [6.45, 7) is 0.584. The van der Waals surface area contributed by atoms with Crippen LogP contribution in [-0.4, -0.2) is 30.7 Å². The van der Waals surface area contributed by atoms with E-state index in [1.165, 1.54) is 0 Å². The molecule has 0 saturated heterocycles. The largest absolute Gasteiger partial charge is 0.383 e. The number of nitrogens with zero attached hydrogens (tertiary/aromatic N) is 2. The third-order valence-electron chi connectivity index (χ3n) is 1.58. The zero-order valence-electron chi connectivity index (χ0n) is 7.32. The maximum absolute atomic E-state index is 5.01. The molecule has 0 amide bonds. The van der Waals surface area contributed by atoms with Gasteiger partial charge in [0.05, 0.1) is 12.6 Å². The van der Waals surface area contributed by atoms with E-state index < -0.39 is 0 Å². The Kier molecular flexibility index (Phi) is 3.63. The van der Waals surface area contributed by atoms with Crippen LogP contribution in [0, 0.1) is 0 Å². The summed E-state index contributed by atoms with van der Waals surface area (Å²) in [5.41, 5.74) is 0. The van der Waals surface area contributed by atoms with E-state index in [1.54, 1.807) is 25.6 Å². The molecule has 1 atom stereocenters. The highest BCUT2D eigenvalue weighted by atomic mass is 16.5. The molecule has 1 N–H and O–H groups in total. The third-order valence-corrected chi connectivity index (χ3v) is 1.58. The first-order valence-corrected chi connectivity index (χ1v) is 3.81. The highest BCUT2D eigenvalue weighted by molar-refractivity contribution is 4.95. The number of nitrogens with one attached hydrogen (secondary N) is 1. The van der Waals surface area contributed by atoms with Crippen LogP contribution >= 0.6 is 0 Å². The summed E-state index contributed by atoms with van der Waals surface area (Å²) in [6, 6.07) is 1.87. The van der Waals surface area contributed by atoms with Crippen molar-refractivity contribution in [1.29, 1.82) is 0 Å². The maximum Gasteiger partial charge on any atom is 0.147 e. The number of likely N-dealkylation sites (N-methyl/N-ethyl adjacent to an activating group) is 1. The Hall–Kier alpha value is -1.00. The van der Waals surface area contributed by atoms with Crippen LogP contribution in [0.25, 0.3) is 0 Å². The van der Waals surface area contributed by atoms with Crippen LogP contribution in [0.5, 0.6) is 0 Å². The summed E-state index contributed by atoms with van der Waals surface area (Å²) in [7, 11) is 3.52. The van der Waals surface area contributed by atoms with Gasteiger partial charge in [-0.25, -0.2) is 9.97 Å². The topological polar surface area (TPSA) is 47.0 Å². The molecule has 1 aromatic rings. The van der Waals surface area contributed by atoms with Gasteiger partial charge in [-0.3, -0.25) is 0 Å². The molecule has 12 heavy (non-hydrogen) atoms. The molecular weight excluding hydrogens is 154 g/mol. The molecule has 0 fully saturated rings. The van der Waals surface area contributed by atoms with Crippen molar-refractivity contribution in [2.75, 3.05) is 20.8 Å². The van der Waals surface area contributed by atoms with Crippen molar-refractivity contribution >= 4 is 0 Å². The summed E-state index contributed by atoms with van der Waals surface area (Å²) in [5.74, 6) is 0.766. The Labute approximate surface area is 72.0 Å². The molecular formula is C8H13N3O. The Morgan fingerprint density at radius 1 is 1.50 bits per heavy atom. The van der Waals surface area contributed by atoms with Gasteiger partial charge in [0.15, 0.2) is 0 Å². The summed E-state index contributed by atoms with van der Waals surface area (Å²) in [5, 5.41) is 3.07. The molecule has 1 unspecified atom stereocenters. The lowest BCUT2D eigenvalue weighted by atomic mass is 10.3. The Balaban J connectivity index is 2.66. The molecule has 0 bridgehead atoms. The monoisotopic (exact) mass is 167 g/mol. The van der Waals surface area contributed by atoms with Crippen LogP contribution in [0.15, 0.2) is 18.5 Å². The molecule has 0 aliphatic carbocycles. The lowest BCUT2D eigenvalue weighted by Gasteiger charge is -2.12. The zero-order valence-corrected chi connectivity index (χ0v) is 7.32. The van der Waals surface area contributed by atoms with Crippen molar-refractivity contribution in [3.8, 4) is 0 Å². The number of ether oxygens (including phenoxy) is 1. The highest BCUT2D eigenvalue weighted by Crippen LogP contribution is 2.04. The van der Waals surface area contributed by atoms with Crippen LogP contribution < -0.4 is 5.32 Å². The van der Waals surface area contributed by atoms with Crippen molar-refractivity contribution in [3.63, 3.8) is 0 Å². The molecule has 0 aliphatic rings. The van der Waals surface area contributed by atoms with Gasteiger partial charge < -0.3 is 10.1 Å². The quantitative estimate of drug-likeness (QED) is 0.704. The van der Waals surface area contributed by atoms with Crippen molar-refractivity contribution in [2.45, 2.75) is 6.04 Å². The second-order valence-electron chi connectivity index (χ2n) is 2.40. The molecule has 0 radical (unpaired) electrons. The normalized spacial score (nSPS) is 12.8. The SMILES string of the molecule is CNC(COC)c1ncccn1. The number of rotatable bonds is 4. The maximum atomic E-state index is 5.01. The molecule has 1 rings (SSSR count). The molecule has 1 aromatic heterocycles. The lowest BCUT2D eigenvalue weighted by Crippen LogP contribution is -2.23. The molecule has 0 saturated carbocycles. The molecule has 66 valence electrons. The Morgan fingerprint density at radius 2 is 2.17 bits per heavy atom. The van der Waals surface area contributed by atoms with Gasteiger partial charge in [0.25, 0.3) is 0 Å². The predicted molar refractivity (Wildman–Crippen MR) is 45.7 cm³/mol. The summed E-state index contributed by atoms with van der Waals surface area (Å²) < 4.78 is 5.01. The Bertz CT molecular complexity index is 215. The van der Waals surface area contributed by atoms with E-state index >= 15 is 0 Å². The van der Waals surface area contributed by atoms with Gasteiger partial charge in [0, 0.05) is 19.5 Å². The number of aromatic nitrogens is 2. The zero-order chi connectivity index (χ0) is 8.81. The first-order chi connectivity index (χ1) is 5.88. The molecule has 0 spiro atoms. The van der Waals surface area contributed by atoms with Crippen LogP contribution in [0.4, 0.5) is 0 Å². The summed E-state index contributed by atoms with van der Waals surface area (Å²) in [6.07, 6.45) is 3.45. The van der Waals surface area contributed by atoms with Crippen LogP contribution in [-0.2, 0) is 4.74 Å². The predicted octanol–water partition coefficient (Wildman–Crippen LogP) is 0.383. The minimum Gasteiger partial charge on any atom is -0.383 e. The van der Waals surface area contributed by atoms with Crippen LogP contribution in [0.2, 0.25) is 0 Å². The fourth-order valence-corrected chi connectivity index (χ4v) is 0.944. The van der Waals surface area contributed by atoms with Crippen molar-refractivity contribution in [2.24, 2.45) is 0 Å². The van der Waals surface area contributed by atoms with E-state index in [1.807, 2.05) is 7.05 Å². The smallest absolute Gasteiger partial charge is 0.147 e. The van der Waals surface area contributed by atoms with Crippen LogP contribution in [0.3, 0.4) is 0 Å². The van der Waals surface area contributed by atoms with Crippen molar-refractivity contribution in [3.05, 3.63) is 24.3 Å². The van der Waals surface area contributed by atoms with Crippen LogP contribution in [0.1, 0.15) is 11.9 Å². The van der Waals surface area contributed by atoms with E-state index in [0.717, 1.165) is 5.82 Å². The fourth-order valence-electron chi connectivity index (χ4n) is 0.944. The number of hydrogen-bond acceptors (Lipinski definition) is 4. The van der Waals surface area contributed by atoms with Gasteiger partial charge in [-0.15, -0.1) is 0 Å². The molecule has 4 nitrogen and oxygen atoms in total. The minimum atomic E-state index is 0.0798. The molecule has 1 heterocycles. The summed E-state index contributed by atoms with van der Waals surface area (Å²) in [4.78, 5) is 8.23. The third kappa shape index (κ3) is 2.25. The number of hydrogen-bond donors (Lipinski definition) is 1. The molecule has 4 heteroatoms. The average Bonchev–Trinajstić information content (AvgIpc) is 2.15. The Morgan fingerprint density at radius 3 is 2.67 bits per heavy atom. The van der Waals surface area contributed by atoms with E-state index in [2.05, 4.69) is 15.3 Å². The second-order valence-corrected chi connectivity index (χ2v) is 2.40. The van der Waals surface area contributed by atoms with Crippen molar-refractivity contribution < 1.29 is 4.74 Å². The molecule has 0 aromatic carbocycles. The second kappa shape index (κ2) is 4.79. The summed E-state index contributed by atoms with van der Waals surface area (Å²) >= 11 is 0. The van der Waals surface area contributed by atoms with Gasteiger partial charge in [-0.05, 0) is 13.1 Å². The fraction of sp³-hybridized carbons (Fsp3) is 0.500. The van der Waals surface area contributed by atoms with E-state index in [9.17, 15) is 0 Å². The van der Waals surface area contributed by atoms with Gasteiger partial charge >= 0.3 is 0 Å². The van der Waals surface area contributed by atoms with E-state index in [4.69, 9.17) is 4.74 Å². The first-order valence-electron chi connectivity index (χ1n) is 3.81. The van der Waals surface area contributed by atoms with Gasteiger partial charge in [-0.1, -0.05) is 0 Å². The van der Waals surface area contributed by atoms with E-state index in [-0.39, 0.29) is 6.04 Å². The standard InChI is InChI=1S/C8H13N3O/c1-9-7(6-12-2)8-10-4-3-5-11-8/h3-5,7,9H,6H2,1-2H3. The minimum absolute atomic E-state index is 0.0798.